The van der Waals surface area contributed by atoms with Gasteiger partial charge in [-0.3, -0.25) is 19.4 Å². The summed E-state index contributed by atoms with van der Waals surface area (Å²) >= 11 is 0. The fraction of sp³-hybridized carbons (Fsp3) is 0.435. The molecule has 0 aliphatic carbocycles. The van der Waals surface area contributed by atoms with Crippen LogP contribution in [0.1, 0.15) is 36.5 Å². The molecule has 0 unspecified atom stereocenters. The molecule has 0 spiro atoms. The number of carbonyl (C=O) groups excluding carboxylic acids is 2. The van der Waals surface area contributed by atoms with Crippen LogP contribution in [0, 0.1) is 23.3 Å². The third-order valence-electron chi connectivity index (χ3n) is 10.8. The molecule has 3 aliphatic rings. The van der Waals surface area contributed by atoms with Crippen molar-refractivity contribution < 1.29 is 46.1 Å². The molecule has 14 heteroatoms. The summed E-state index contributed by atoms with van der Waals surface area (Å²) in [7, 11) is 0. The molecule has 2 amide bonds. The second-order valence-electron chi connectivity index (χ2n) is 14.9. The molecule has 0 saturated carbocycles. The predicted octanol–water partition coefficient (Wildman–Crippen LogP) is 6.57. The van der Waals surface area contributed by atoms with Gasteiger partial charge in [0.1, 0.15) is 36.3 Å². The number of amides is 2. The van der Waals surface area contributed by atoms with E-state index in [0.717, 1.165) is 74.8 Å². The van der Waals surface area contributed by atoms with Gasteiger partial charge in [-0.25, -0.2) is 17.6 Å². The molecule has 0 bridgehead atoms. The summed E-state index contributed by atoms with van der Waals surface area (Å²) in [5, 5.41) is 0. The van der Waals surface area contributed by atoms with Crippen LogP contribution in [0.2, 0.25) is 0 Å². The first-order valence-corrected chi connectivity index (χ1v) is 20.8. The summed E-state index contributed by atoms with van der Waals surface area (Å²) in [5.41, 5.74) is 3.53. The first-order valence-electron chi connectivity index (χ1n) is 20.8. The number of nitrogens with zero attached hydrogens (tertiary/aromatic N) is 4. The van der Waals surface area contributed by atoms with Gasteiger partial charge < -0.3 is 28.7 Å². The van der Waals surface area contributed by atoms with Gasteiger partial charge in [0.2, 0.25) is 11.8 Å². The number of hydrogen-bond donors (Lipinski definition) is 0. The van der Waals surface area contributed by atoms with E-state index in [0.29, 0.717) is 78.4 Å². The summed E-state index contributed by atoms with van der Waals surface area (Å²) in [6.07, 6.45) is 3.38. The van der Waals surface area contributed by atoms with Gasteiger partial charge in [-0.1, -0.05) is 24.3 Å². The quantitative estimate of drug-likeness (QED) is 0.117. The maximum Gasteiger partial charge on any atom is 0.222 e. The van der Waals surface area contributed by atoms with Crippen molar-refractivity contribution in [1.29, 1.82) is 0 Å². The van der Waals surface area contributed by atoms with Crippen LogP contribution >= 0.6 is 0 Å². The normalized spacial score (nSPS) is 15.4. The highest BCUT2D eigenvalue weighted by Crippen LogP contribution is 2.26. The number of aryl methyl sites for hydroxylation is 2. The summed E-state index contributed by atoms with van der Waals surface area (Å²) in [6, 6.07) is 20.6. The lowest BCUT2D eigenvalue weighted by atomic mass is 10.0. The van der Waals surface area contributed by atoms with Crippen LogP contribution in [-0.2, 0) is 28.9 Å². The van der Waals surface area contributed by atoms with Crippen LogP contribution in [0.5, 0.6) is 23.0 Å². The fourth-order valence-electron chi connectivity index (χ4n) is 7.33. The molecule has 4 aromatic rings. The molecule has 2 saturated heterocycles. The van der Waals surface area contributed by atoms with Crippen LogP contribution in [0.4, 0.5) is 17.6 Å². The van der Waals surface area contributed by atoms with E-state index in [-0.39, 0.29) is 23.3 Å². The maximum absolute atomic E-state index is 13.6. The Kier molecular flexibility index (Phi) is 16.4. The van der Waals surface area contributed by atoms with Crippen LogP contribution in [0.25, 0.3) is 0 Å². The second-order valence-corrected chi connectivity index (χ2v) is 14.9. The Labute approximate surface area is 349 Å². The van der Waals surface area contributed by atoms with Gasteiger partial charge >= 0.3 is 0 Å². The number of hydrogen-bond acceptors (Lipinski definition) is 8. The minimum absolute atomic E-state index is 0.0551. The Hall–Kier alpha value is -5.34. The van der Waals surface area contributed by atoms with Crippen LogP contribution in [-0.4, -0.2) is 123 Å². The van der Waals surface area contributed by atoms with Crippen molar-refractivity contribution in [2.24, 2.45) is 0 Å². The van der Waals surface area contributed by atoms with Gasteiger partial charge in [-0.05, 0) is 78.9 Å². The van der Waals surface area contributed by atoms with E-state index in [9.17, 15) is 27.2 Å². The van der Waals surface area contributed by atoms with Crippen LogP contribution in [0.3, 0.4) is 0 Å². The largest absolute Gasteiger partial charge is 0.494 e. The van der Waals surface area contributed by atoms with Gasteiger partial charge in [-0.15, -0.1) is 0 Å². The van der Waals surface area contributed by atoms with E-state index in [1.165, 1.54) is 35.4 Å². The minimum Gasteiger partial charge on any atom is -0.494 e. The van der Waals surface area contributed by atoms with Crippen molar-refractivity contribution in [3.8, 4) is 23.0 Å². The molecule has 3 aliphatic heterocycles. The predicted molar refractivity (Wildman–Crippen MR) is 220 cm³/mol. The first kappa shape index (κ1) is 44.2. The third-order valence-corrected chi connectivity index (χ3v) is 10.8. The van der Waals surface area contributed by atoms with Crippen LogP contribution in [0.15, 0.2) is 78.9 Å². The standard InChI is InChI=1S/C23H26F2N2O3.C23H28F2N2O3/c24-19-3-5-22(20(25)16-19)30-14-12-26-8-10-27(11-9-26)23(28)6-2-17-1-4-21-18(15-17)7-13-29-21;1-2-29-20-7-3-18(4-8-20)5-10-23(28)27-13-11-26(12-14-27)15-16-30-22-9-6-19(24)17-21(22)25/h1,3-5,15-16H,2,6-14H2;3-4,6-9,17H,2,5,10-16H2,1H3. The zero-order valence-corrected chi connectivity index (χ0v) is 34.2. The number of halogens is 4. The Bertz CT molecular complexity index is 2010. The summed E-state index contributed by atoms with van der Waals surface area (Å²) in [4.78, 5) is 33.2. The Morgan fingerprint density at radius 3 is 1.60 bits per heavy atom. The lowest BCUT2D eigenvalue weighted by Gasteiger charge is -2.34. The van der Waals surface area contributed by atoms with Crippen molar-refractivity contribution in [3.63, 3.8) is 0 Å². The number of fused-ring (bicyclic) bond motifs is 1. The van der Waals surface area contributed by atoms with Gasteiger partial charge in [0, 0.05) is 96.8 Å². The SMILES string of the molecule is CCOc1ccc(CCC(=O)N2CCN(CCOc3ccc(F)cc3F)CC2)cc1.O=C(CCc1ccc2c(c1)CCO2)N1CCN(CCOc2ccc(F)cc2F)CC1. The lowest BCUT2D eigenvalue weighted by Crippen LogP contribution is -2.49. The zero-order valence-electron chi connectivity index (χ0n) is 34.2. The zero-order chi connectivity index (χ0) is 42.3. The van der Waals surface area contributed by atoms with Gasteiger partial charge in [0.25, 0.3) is 0 Å². The third kappa shape index (κ3) is 13.3. The molecule has 0 atom stereocenters. The van der Waals surface area contributed by atoms with E-state index < -0.39 is 23.3 Å². The van der Waals surface area contributed by atoms with E-state index in [1.54, 1.807) is 0 Å². The van der Waals surface area contributed by atoms with Gasteiger partial charge in [0.15, 0.2) is 23.1 Å². The smallest absolute Gasteiger partial charge is 0.222 e. The molecule has 60 heavy (non-hydrogen) atoms. The summed E-state index contributed by atoms with van der Waals surface area (Å²) in [5.74, 6) is -0.373. The average molecular weight is 835 g/mol. The molecule has 0 N–H and O–H groups in total. The second kappa shape index (κ2) is 22.3. The molecule has 3 heterocycles. The molecule has 322 valence electrons. The summed E-state index contributed by atoms with van der Waals surface area (Å²) < 4.78 is 74.8. The average Bonchev–Trinajstić information content (AvgIpc) is 3.73. The molecular weight excluding hydrogens is 781 g/mol. The highest BCUT2D eigenvalue weighted by atomic mass is 19.1. The van der Waals surface area contributed by atoms with Crippen molar-refractivity contribution in [2.75, 3.05) is 91.9 Å². The van der Waals surface area contributed by atoms with E-state index in [4.69, 9.17) is 18.9 Å². The van der Waals surface area contributed by atoms with E-state index in [1.807, 2.05) is 53.1 Å². The number of carbonyl (C=O) groups is 2. The molecule has 0 radical (unpaired) electrons. The van der Waals surface area contributed by atoms with Gasteiger partial charge in [-0.2, -0.15) is 0 Å². The number of benzene rings is 4. The van der Waals surface area contributed by atoms with Crippen molar-refractivity contribution in [3.05, 3.63) is 119 Å². The van der Waals surface area contributed by atoms with Crippen molar-refractivity contribution in [2.45, 2.75) is 39.0 Å². The van der Waals surface area contributed by atoms with Gasteiger partial charge in [0.05, 0.1) is 13.2 Å². The molecule has 7 rings (SSSR count). The molecule has 4 aromatic carbocycles. The summed E-state index contributed by atoms with van der Waals surface area (Å²) in [6.45, 7) is 11.0. The number of piperazine rings is 2. The number of ether oxygens (including phenoxy) is 4. The molecule has 10 nitrogen and oxygen atoms in total. The molecular formula is C46H54F4N4O6. The highest BCUT2D eigenvalue weighted by molar-refractivity contribution is 5.77. The van der Waals surface area contributed by atoms with Crippen molar-refractivity contribution >= 4 is 11.8 Å². The number of rotatable bonds is 16. The maximum atomic E-state index is 13.6. The lowest BCUT2D eigenvalue weighted by molar-refractivity contribution is -0.133. The Morgan fingerprint density at radius 1 is 0.600 bits per heavy atom. The topological polar surface area (TPSA) is 84.0 Å². The van der Waals surface area contributed by atoms with E-state index in [2.05, 4.69) is 15.9 Å². The fourth-order valence-corrected chi connectivity index (χ4v) is 7.33. The Balaban J connectivity index is 0.000000201. The minimum atomic E-state index is -0.696. The monoisotopic (exact) mass is 834 g/mol. The Morgan fingerprint density at radius 2 is 1.10 bits per heavy atom. The van der Waals surface area contributed by atoms with E-state index >= 15 is 0 Å². The molecule has 2 fully saturated rings. The first-order chi connectivity index (χ1) is 29.1. The van der Waals surface area contributed by atoms with Crippen LogP contribution < -0.4 is 18.9 Å². The molecule has 0 aromatic heterocycles. The highest BCUT2D eigenvalue weighted by Gasteiger charge is 2.23. The van der Waals surface area contributed by atoms with Crippen molar-refractivity contribution in [1.82, 2.24) is 19.6 Å².